The van der Waals surface area contributed by atoms with Crippen LogP contribution in [0.25, 0.3) is 0 Å². The van der Waals surface area contributed by atoms with Gasteiger partial charge in [-0.2, -0.15) is 0 Å². The quantitative estimate of drug-likeness (QED) is 0.902. The molecule has 4 nitrogen and oxygen atoms in total. The largest absolute Gasteiger partial charge is 0.387 e. The fraction of sp³-hybridized carbons (Fsp3) is 0.286. The van der Waals surface area contributed by atoms with Gasteiger partial charge in [0.2, 0.25) is 0 Å². The number of hydrogen-bond donors (Lipinski definition) is 2. The monoisotopic (exact) mass is 275 g/mol. The second-order valence-corrected chi connectivity index (χ2v) is 5.63. The summed E-state index contributed by atoms with van der Waals surface area (Å²) in [7, 11) is 1.79. The highest BCUT2D eigenvalue weighted by Crippen LogP contribution is 2.23. The van der Waals surface area contributed by atoms with Crippen molar-refractivity contribution in [2.24, 2.45) is 0 Å². The molecule has 0 saturated carbocycles. The maximum absolute atomic E-state index is 12.2. The number of anilines is 1. The summed E-state index contributed by atoms with van der Waals surface area (Å²) in [5.74, 6) is -0.115. The van der Waals surface area contributed by atoms with Crippen LogP contribution in [0, 0.1) is 6.92 Å². The van der Waals surface area contributed by atoms with Gasteiger partial charge < -0.3 is 10.6 Å². The first-order valence-corrected chi connectivity index (χ1v) is 6.92. The lowest BCUT2D eigenvalue weighted by Gasteiger charge is -2.14. The van der Waals surface area contributed by atoms with Crippen molar-refractivity contribution >= 4 is 22.9 Å². The number of amides is 1. The summed E-state index contributed by atoms with van der Waals surface area (Å²) in [4.78, 5) is 18.6. The topological polar surface area (TPSA) is 54.0 Å². The van der Waals surface area contributed by atoms with Crippen LogP contribution >= 0.6 is 11.3 Å². The van der Waals surface area contributed by atoms with Crippen molar-refractivity contribution in [2.45, 2.75) is 19.9 Å². The van der Waals surface area contributed by atoms with E-state index in [1.807, 2.05) is 13.0 Å². The first-order chi connectivity index (χ1) is 9.11. The minimum Gasteiger partial charge on any atom is -0.387 e. The first kappa shape index (κ1) is 13.5. The highest BCUT2D eigenvalue weighted by molar-refractivity contribution is 7.12. The summed E-state index contributed by atoms with van der Waals surface area (Å²) in [6, 6.07) is 5.89. The fourth-order valence-electron chi connectivity index (χ4n) is 1.83. The van der Waals surface area contributed by atoms with Crippen molar-refractivity contribution in [3.8, 4) is 0 Å². The van der Waals surface area contributed by atoms with Gasteiger partial charge in [-0.15, -0.1) is 11.3 Å². The molecule has 1 amide bonds. The predicted molar refractivity (Wildman–Crippen MR) is 78.7 cm³/mol. The maximum Gasteiger partial charge on any atom is 0.255 e. The van der Waals surface area contributed by atoms with Crippen molar-refractivity contribution < 1.29 is 4.79 Å². The van der Waals surface area contributed by atoms with E-state index < -0.39 is 0 Å². The van der Waals surface area contributed by atoms with Gasteiger partial charge in [0, 0.05) is 34.9 Å². The Labute approximate surface area is 116 Å². The molecule has 0 aromatic carbocycles. The molecule has 0 aliphatic rings. The molecule has 0 spiro atoms. The smallest absolute Gasteiger partial charge is 0.255 e. The minimum atomic E-state index is -0.115. The predicted octanol–water partition coefficient (Wildman–Crippen LogP) is 2.98. The summed E-state index contributed by atoms with van der Waals surface area (Å²) >= 11 is 1.70. The third-order valence-corrected chi connectivity index (χ3v) is 4.05. The molecule has 5 heteroatoms. The summed E-state index contributed by atoms with van der Waals surface area (Å²) in [5.41, 5.74) is 1.34. The van der Waals surface area contributed by atoms with Crippen LogP contribution in [0.15, 0.2) is 30.6 Å². The summed E-state index contributed by atoms with van der Waals surface area (Å²) in [6.45, 7) is 4.04. The zero-order valence-electron chi connectivity index (χ0n) is 11.2. The standard InChI is InChI=1S/C14H17N3OS/c1-9-4-5-13(19-9)10(2)17-14(18)11-8-16-7-6-12(11)15-3/h4-8,10H,1-3H3,(H,15,16)(H,17,18). The molecular formula is C14H17N3OS. The highest BCUT2D eigenvalue weighted by atomic mass is 32.1. The van der Waals surface area contributed by atoms with Crippen LogP contribution in [0.1, 0.15) is 33.1 Å². The number of pyridine rings is 1. The fourth-order valence-corrected chi connectivity index (χ4v) is 2.70. The number of aryl methyl sites for hydroxylation is 1. The Bertz CT molecular complexity index is 580. The molecule has 2 rings (SSSR count). The number of rotatable bonds is 4. The number of carbonyl (C=O) groups is 1. The zero-order chi connectivity index (χ0) is 13.8. The molecule has 2 aromatic heterocycles. The Morgan fingerprint density at radius 1 is 1.37 bits per heavy atom. The van der Waals surface area contributed by atoms with Crippen molar-refractivity contribution in [3.63, 3.8) is 0 Å². The molecule has 0 saturated heterocycles. The molecule has 0 aliphatic heterocycles. The van der Waals surface area contributed by atoms with Gasteiger partial charge in [0.05, 0.1) is 11.6 Å². The number of nitrogens with one attached hydrogen (secondary N) is 2. The highest BCUT2D eigenvalue weighted by Gasteiger charge is 2.15. The lowest BCUT2D eigenvalue weighted by Crippen LogP contribution is -2.26. The van der Waals surface area contributed by atoms with Gasteiger partial charge in [-0.05, 0) is 32.0 Å². The molecule has 0 fully saturated rings. The number of carbonyl (C=O) groups excluding carboxylic acids is 1. The Morgan fingerprint density at radius 3 is 2.79 bits per heavy atom. The van der Waals surface area contributed by atoms with E-state index in [4.69, 9.17) is 0 Å². The average molecular weight is 275 g/mol. The lowest BCUT2D eigenvalue weighted by molar-refractivity contribution is 0.0941. The van der Waals surface area contributed by atoms with Crippen LogP contribution in [0.4, 0.5) is 5.69 Å². The third kappa shape index (κ3) is 3.12. The molecule has 1 atom stereocenters. The van der Waals surface area contributed by atoms with E-state index in [0.717, 1.165) is 10.6 Å². The average Bonchev–Trinajstić information content (AvgIpc) is 2.85. The van der Waals surface area contributed by atoms with Gasteiger partial charge >= 0.3 is 0 Å². The SMILES string of the molecule is CNc1ccncc1C(=O)NC(C)c1ccc(C)s1. The van der Waals surface area contributed by atoms with E-state index in [1.54, 1.807) is 36.8 Å². The van der Waals surface area contributed by atoms with E-state index in [1.165, 1.54) is 4.88 Å². The molecule has 2 aromatic rings. The molecular weight excluding hydrogens is 258 g/mol. The molecule has 2 N–H and O–H groups in total. The molecule has 0 bridgehead atoms. The Morgan fingerprint density at radius 2 is 2.16 bits per heavy atom. The maximum atomic E-state index is 12.2. The minimum absolute atomic E-state index is 0.00360. The van der Waals surface area contributed by atoms with Crippen molar-refractivity contribution in [2.75, 3.05) is 12.4 Å². The molecule has 100 valence electrons. The number of hydrogen-bond acceptors (Lipinski definition) is 4. The van der Waals surface area contributed by atoms with E-state index in [0.29, 0.717) is 5.56 Å². The van der Waals surface area contributed by atoms with Crippen LogP contribution in [-0.2, 0) is 0 Å². The van der Waals surface area contributed by atoms with Crippen LogP contribution in [-0.4, -0.2) is 17.9 Å². The zero-order valence-corrected chi connectivity index (χ0v) is 12.0. The van der Waals surface area contributed by atoms with Crippen LogP contribution in [0.2, 0.25) is 0 Å². The van der Waals surface area contributed by atoms with Crippen LogP contribution in [0.5, 0.6) is 0 Å². The van der Waals surface area contributed by atoms with Crippen LogP contribution in [0.3, 0.4) is 0 Å². The van der Waals surface area contributed by atoms with Crippen molar-refractivity contribution in [1.82, 2.24) is 10.3 Å². The lowest BCUT2D eigenvalue weighted by atomic mass is 10.2. The summed E-state index contributed by atoms with van der Waals surface area (Å²) in [5, 5.41) is 5.99. The van der Waals surface area contributed by atoms with E-state index >= 15 is 0 Å². The van der Waals surface area contributed by atoms with Crippen molar-refractivity contribution in [3.05, 3.63) is 45.9 Å². The Balaban J connectivity index is 2.12. The molecule has 19 heavy (non-hydrogen) atoms. The number of aromatic nitrogens is 1. The van der Waals surface area contributed by atoms with E-state index in [-0.39, 0.29) is 11.9 Å². The summed E-state index contributed by atoms with van der Waals surface area (Å²) < 4.78 is 0. The van der Waals surface area contributed by atoms with Crippen molar-refractivity contribution in [1.29, 1.82) is 0 Å². The van der Waals surface area contributed by atoms with Gasteiger partial charge in [0.25, 0.3) is 5.91 Å². The second kappa shape index (κ2) is 5.84. The molecule has 2 heterocycles. The van der Waals surface area contributed by atoms with E-state index in [2.05, 4.69) is 28.6 Å². The van der Waals surface area contributed by atoms with Gasteiger partial charge in [0.15, 0.2) is 0 Å². The molecule has 0 radical (unpaired) electrons. The van der Waals surface area contributed by atoms with Gasteiger partial charge in [-0.1, -0.05) is 0 Å². The number of nitrogens with zero attached hydrogens (tertiary/aromatic N) is 1. The van der Waals surface area contributed by atoms with Gasteiger partial charge in [-0.3, -0.25) is 9.78 Å². The third-order valence-electron chi connectivity index (χ3n) is 2.87. The van der Waals surface area contributed by atoms with Crippen LogP contribution < -0.4 is 10.6 Å². The van der Waals surface area contributed by atoms with Gasteiger partial charge in [0.1, 0.15) is 0 Å². The molecule has 0 aliphatic carbocycles. The molecule has 1 unspecified atom stereocenters. The summed E-state index contributed by atoms with van der Waals surface area (Å²) in [6.07, 6.45) is 3.24. The Kier molecular flexibility index (Phi) is 4.16. The van der Waals surface area contributed by atoms with E-state index in [9.17, 15) is 4.79 Å². The Hall–Kier alpha value is -1.88. The normalized spacial score (nSPS) is 11.9. The number of thiophene rings is 1. The second-order valence-electron chi connectivity index (χ2n) is 4.31. The van der Waals surface area contributed by atoms with Gasteiger partial charge in [-0.25, -0.2) is 0 Å². The first-order valence-electron chi connectivity index (χ1n) is 6.10.